The molecule has 0 fully saturated rings. The molecule has 1 heterocycles. The van der Waals surface area contributed by atoms with Gasteiger partial charge in [-0.2, -0.15) is 0 Å². The lowest BCUT2D eigenvalue weighted by atomic mass is 10.1. The van der Waals surface area contributed by atoms with Gasteiger partial charge in [0.1, 0.15) is 5.75 Å². The van der Waals surface area contributed by atoms with Gasteiger partial charge in [-0.3, -0.25) is 0 Å². The number of hydrogen-bond acceptors (Lipinski definition) is 3. The van der Waals surface area contributed by atoms with Crippen molar-refractivity contribution in [1.29, 1.82) is 0 Å². The predicted molar refractivity (Wildman–Crippen MR) is 110 cm³/mol. The smallest absolute Gasteiger partial charge is 0.163 e. The van der Waals surface area contributed by atoms with Crippen LogP contribution in [0, 0.1) is 13.8 Å². The van der Waals surface area contributed by atoms with E-state index >= 15 is 0 Å². The van der Waals surface area contributed by atoms with Crippen LogP contribution in [-0.4, -0.2) is 4.98 Å². The number of nitrogens with zero attached hydrogens (tertiary/aromatic N) is 1. The van der Waals surface area contributed by atoms with Crippen LogP contribution in [-0.2, 0) is 0 Å². The Morgan fingerprint density at radius 3 is 2.46 bits per heavy atom. The topological polar surface area (TPSA) is 22.1 Å². The summed E-state index contributed by atoms with van der Waals surface area (Å²) in [5.41, 5.74) is 4.50. The van der Waals surface area contributed by atoms with Gasteiger partial charge < -0.3 is 4.74 Å². The zero-order valence-corrected chi connectivity index (χ0v) is 15.6. The van der Waals surface area contributed by atoms with E-state index in [1.54, 1.807) is 11.3 Å². The Morgan fingerprint density at radius 2 is 1.69 bits per heavy atom. The zero-order valence-electron chi connectivity index (χ0n) is 14.8. The molecule has 3 aromatic carbocycles. The first kappa shape index (κ1) is 16.6. The molecule has 0 aliphatic heterocycles. The maximum Gasteiger partial charge on any atom is 0.163 e. The van der Waals surface area contributed by atoms with Crippen LogP contribution in [0.3, 0.4) is 0 Å². The number of rotatable bonds is 4. The molecular formula is C23H19NOS. The van der Waals surface area contributed by atoms with E-state index in [9.17, 15) is 0 Å². The SMILES string of the molecule is Cc1ccc(C=C(Oc2cccc(C)c2)c2nc3ccccc3s2)cc1. The molecule has 4 rings (SSSR count). The predicted octanol–water partition coefficient (Wildman–Crippen LogP) is 6.49. The lowest BCUT2D eigenvalue weighted by Crippen LogP contribution is -1.95. The summed E-state index contributed by atoms with van der Waals surface area (Å²) in [6.45, 7) is 4.15. The van der Waals surface area contributed by atoms with Gasteiger partial charge in [-0.05, 0) is 55.3 Å². The van der Waals surface area contributed by atoms with E-state index in [0.29, 0.717) is 0 Å². The minimum Gasteiger partial charge on any atom is -0.454 e. The molecule has 3 heteroatoms. The zero-order chi connectivity index (χ0) is 17.9. The Hall–Kier alpha value is -2.91. The maximum atomic E-state index is 6.25. The highest BCUT2D eigenvalue weighted by Crippen LogP contribution is 2.30. The highest BCUT2D eigenvalue weighted by molar-refractivity contribution is 7.19. The molecule has 0 aliphatic carbocycles. The third kappa shape index (κ3) is 3.68. The summed E-state index contributed by atoms with van der Waals surface area (Å²) < 4.78 is 7.41. The normalized spacial score (nSPS) is 11.7. The molecule has 0 saturated heterocycles. The van der Waals surface area contributed by atoms with Gasteiger partial charge >= 0.3 is 0 Å². The molecule has 0 spiro atoms. The van der Waals surface area contributed by atoms with Crippen LogP contribution >= 0.6 is 11.3 Å². The van der Waals surface area contributed by atoms with E-state index in [4.69, 9.17) is 9.72 Å². The number of aromatic nitrogens is 1. The third-order valence-corrected chi connectivity index (χ3v) is 5.15. The van der Waals surface area contributed by atoms with Crippen molar-refractivity contribution in [2.75, 3.05) is 0 Å². The van der Waals surface area contributed by atoms with Gasteiger partial charge in [0, 0.05) is 0 Å². The van der Waals surface area contributed by atoms with Gasteiger partial charge in [0.25, 0.3) is 0 Å². The molecule has 0 N–H and O–H groups in total. The molecule has 26 heavy (non-hydrogen) atoms. The highest BCUT2D eigenvalue weighted by atomic mass is 32.1. The highest BCUT2D eigenvalue weighted by Gasteiger charge is 2.12. The van der Waals surface area contributed by atoms with Gasteiger partial charge in [0.05, 0.1) is 10.2 Å². The van der Waals surface area contributed by atoms with Crippen molar-refractivity contribution >= 4 is 33.4 Å². The first-order chi connectivity index (χ1) is 12.7. The van der Waals surface area contributed by atoms with Crippen molar-refractivity contribution in [3.8, 4) is 5.75 Å². The van der Waals surface area contributed by atoms with Gasteiger partial charge in [-0.1, -0.05) is 54.1 Å². The van der Waals surface area contributed by atoms with Crippen LogP contribution in [0.15, 0.2) is 72.8 Å². The summed E-state index contributed by atoms with van der Waals surface area (Å²) in [7, 11) is 0. The van der Waals surface area contributed by atoms with Gasteiger partial charge in [-0.15, -0.1) is 11.3 Å². The summed E-state index contributed by atoms with van der Waals surface area (Å²) in [6, 6.07) is 24.7. The van der Waals surface area contributed by atoms with Crippen molar-refractivity contribution in [3.63, 3.8) is 0 Å². The number of para-hydroxylation sites is 1. The number of fused-ring (bicyclic) bond motifs is 1. The number of hydrogen-bond donors (Lipinski definition) is 0. The summed E-state index contributed by atoms with van der Waals surface area (Å²) >= 11 is 1.65. The molecule has 128 valence electrons. The second-order valence-corrected chi connectivity index (χ2v) is 7.36. The fraction of sp³-hybridized carbons (Fsp3) is 0.0870. The number of aryl methyl sites for hydroxylation is 2. The molecule has 0 radical (unpaired) electrons. The Labute approximate surface area is 157 Å². The average molecular weight is 357 g/mol. The third-order valence-electron chi connectivity index (χ3n) is 4.10. The van der Waals surface area contributed by atoms with Crippen molar-refractivity contribution in [3.05, 3.63) is 94.5 Å². The van der Waals surface area contributed by atoms with Crippen molar-refractivity contribution < 1.29 is 4.74 Å². The van der Waals surface area contributed by atoms with Crippen molar-refractivity contribution in [2.24, 2.45) is 0 Å². The number of benzene rings is 3. The fourth-order valence-corrected chi connectivity index (χ4v) is 3.65. The number of thiazole rings is 1. The molecule has 0 aliphatic rings. The van der Waals surface area contributed by atoms with Crippen LogP contribution in [0.25, 0.3) is 22.1 Å². The molecule has 2 nitrogen and oxygen atoms in total. The summed E-state index contributed by atoms with van der Waals surface area (Å²) in [5, 5.41) is 0.883. The molecule has 0 bridgehead atoms. The Kier molecular flexibility index (Phi) is 4.55. The fourth-order valence-electron chi connectivity index (χ4n) is 2.73. The van der Waals surface area contributed by atoms with Gasteiger partial charge in [-0.25, -0.2) is 4.98 Å². The maximum absolute atomic E-state index is 6.25. The first-order valence-electron chi connectivity index (χ1n) is 8.56. The quantitative estimate of drug-likeness (QED) is 0.389. The van der Waals surface area contributed by atoms with E-state index in [1.807, 2.05) is 36.4 Å². The van der Waals surface area contributed by atoms with E-state index < -0.39 is 0 Å². The largest absolute Gasteiger partial charge is 0.454 e. The van der Waals surface area contributed by atoms with E-state index in [-0.39, 0.29) is 0 Å². The summed E-state index contributed by atoms with van der Waals surface area (Å²) in [4.78, 5) is 4.77. The van der Waals surface area contributed by atoms with Crippen molar-refractivity contribution in [1.82, 2.24) is 4.98 Å². The molecule has 0 amide bonds. The molecule has 0 atom stereocenters. The lowest BCUT2D eigenvalue weighted by Gasteiger charge is -2.09. The minimum atomic E-state index is 0.764. The summed E-state index contributed by atoms with van der Waals surface area (Å²) in [5.74, 6) is 1.59. The van der Waals surface area contributed by atoms with E-state index in [2.05, 4.69) is 56.3 Å². The van der Waals surface area contributed by atoms with Crippen LogP contribution in [0.5, 0.6) is 5.75 Å². The summed E-state index contributed by atoms with van der Waals surface area (Å²) in [6.07, 6.45) is 2.06. The molecule has 0 saturated carbocycles. The Balaban J connectivity index is 1.78. The lowest BCUT2D eigenvalue weighted by molar-refractivity contribution is 0.517. The van der Waals surface area contributed by atoms with E-state index in [0.717, 1.165) is 32.3 Å². The van der Waals surface area contributed by atoms with Crippen LogP contribution in [0.1, 0.15) is 21.7 Å². The van der Waals surface area contributed by atoms with Gasteiger partial charge in [0.2, 0.25) is 0 Å². The van der Waals surface area contributed by atoms with Gasteiger partial charge in [0.15, 0.2) is 10.8 Å². The second-order valence-electron chi connectivity index (χ2n) is 6.32. The molecular weight excluding hydrogens is 338 g/mol. The molecule has 4 aromatic rings. The Morgan fingerprint density at radius 1 is 0.885 bits per heavy atom. The molecule has 0 unspecified atom stereocenters. The average Bonchev–Trinajstić information content (AvgIpc) is 3.07. The minimum absolute atomic E-state index is 0.764. The van der Waals surface area contributed by atoms with Crippen LogP contribution in [0.4, 0.5) is 0 Å². The second kappa shape index (κ2) is 7.14. The van der Waals surface area contributed by atoms with E-state index in [1.165, 1.54) is 11.1 Å². The first-order valence-corrected chi connectivity index (χ1v) is 9.38. The van der Waals surface area contributed by atoms with Crippen LogP contribution in [0.2, 0.25) is 0 Å². The van der Waals surface area contributed by atoms with Crippen molar-refractivity contribution in [2.45, 2.75) is 13.8 Å². The monoisotopic (exact) mass is 357 g/mol. The van der Waals surface area contributed by atoms with Crippen LogP contribution < -0.4 is 4.74 Å². The Bertz CT molecular complexity index is 1040. The number of ether oxygens (including phenoxy) is 1. The standard InChI is InChI=1S/C23H19NOS/c1-16-10-12-18(13-11-16)15-21(25-19-7-5-6-17(2)14-19)23-24-20-8-3-4-9-22(20)26-23/h3-15H,1-2H3. The molecule has 1 aromatic heterocycles.